The van der Waals surface area contributed by atoms with Gasteiger partial charge in [0.1, 0.15) is 26.3 Å². The molecule has 0 aliphatic heterocycles. The Morgan fingerprint density at radius 2 is 1.25 bits per heavy atom. The summed E-state index contributed by atoms with van der Waals surface area (Å²) in [5.74, 6) is -0.324. The van der Waals surface area contributed by atoms with Gasteiger partial charge < -0.3 is 18.5 Å². The molecule has 0 bridgehead atoms. The summed E-state index contributed by atoms with van der Waals surface area (Å²) in [5, 5.41) is 0. The Balaban J connectivity index is 4.66. The lowest BCUT2D eigenvalue weighted by Crippen LogP contribution is -2.53. The Labute approximate surface area is 172 Å². The smallest absolute Gasteiger partial charge is 0.136 e. The van der Waals surface area contributed by atoms with Gasteiger partial charge in [0.2, 0.25) is 0 Å². The highest BCUT2D eigenvalue weighted by atomic mass is 32.2. The van der Waals surface area contributed by atoms with Gasteiger partial charge in [0, 0.05) is 12.2 Å². The van der Waals surface area contributed by atoms with Crippen LogP contribution >= 0.6 is 0 Å². The SMILES string of the molecule is C=COCC[N+](CCCCCCCCCC)(CCCS(=O)(=O)[O-])CCOC=C. The highest BCUT2D eigenvalue weighted by Crippen LogP contribution is 2.15. The number of nitrogens with zero attached hydrogens (tertiary/aromatic N) is 1. The molecule has 0 aliphatic rings. The van der Waals surface area contributed by atoms with Crippen LogP contribution in [0.5, 0.6) is 0 Å². The minimum absolute atomic E-state index is 0.324. The van der Waals surface area contributed by atoms with Crippen molar-refractivity contribution in [2.75, 3.05) is 45.1 Å². The van der Waals surface area contributed by atoms with Crippen LogP contribution in [0, 0.1) is 0 Å². The zero-order valence-corrected chi connectivity index (χ0v) is 18.6. The summed E-state index contributed by atoms with van der Waals surface area (Å²) in [6.45, 7) is 13.4. The molecule has 0 aromatic heterocycles. The Kier molecular flexibility index (Phi) is 16.2. The number of ether oxygens (including phenoxy) is 2. The summed E-state index contributed by atoms with van der Waals surface area (Å²) in [6, 6.07) is 0. The van der Waals surface area contributed by atoms with Crippen molar-refractivity contribution in [3.8, 4) is 0 Å². The van der Waals surface area contributed by atoms with Gasteiger partial charge in [0.05, 0.1) is 35.7 Å². The summed E-state index contributed by atoms with van der Waals surface area (Å²) < 4.78 is 44.4. The molecule has 0 unspecified atom stereocenters. The van der Waals surface area contributed by atoms with Gasteiger partial charge in [0.25, 0.3) is 0 Å². The van der Waals surface area contributed by atoms with Crippen molar-refractivity contribution in [3.05, 3.63) is 25.7 Å². The second kappa shape index (κ2) is 16.9. The molecule has 0 aromatic rings. The molecule has 0 rings (SSSR count). The standard InChI is InChI=1S/C21H41NO5S/c1-4-7-8-9-10-11-12-13-15-22(17-19-26-5-2,18-20-27-6-3)16-14-21-28(23,24)25/h5-6H,2-4,7-21H2,1H3. The predicted octanol–water partition coefficient (Wildman–Crippen LogP) is 4.20. The van der Waals surface area contributed by atoms with Crippen molar-refractivity contribution in [1.82, 2.24) is 0 Å². The third-order valence-corrected chi connectivity index (χ3v) is 5.90. The van der Waals surface area contributed by atoms with E-state index in [0.29, 0.717) is 30.7 Å². The van der Waals surface area contributed by atoms with Crippen molar-refractivity contribution in [1.29, 1.82) is 0 Å². The van der Waals surface area contributed by atoms with Crippen LogP contribution in [0.15, 0.2) is 25.7 Å². The van der Waals surface area contributed by atoms with Crippen molar-refractivity contribution < 1.29 is 26.9 Å². The minimum atomic E-state index is -4.19. The van der Waals surface area contributed by atoms with Crippen LogP contribution in [0.2, 0.25) is 0 Å². The van der Waals surface area contributed by atoms with Crippen molar-refractivity contribution in [2.24, 2.45) is 0 Å². The van der Waals surface area contributed by atoms with Crippen LogP contribution in [0.4, 0.5) is 0 Å². The third-order valence-electron chi connectivity index (χ3n) is 5.12. The van der Waals surface area contributed by atoms with E-state index in [4.69, 9.17) is 9.47 Å². The van der Waals surface area contributed by atoms with Crippen molar-refractivity contribution in [2.45, 2.75) is 64.7 Å². The second-order valence-electron chi connectivity index (χ2n) is 7.40. The maximum Gasteiger partial charge on any atom is 0.136 e. The molecule has 0 saturated carbocycles. The molecule has 0 aromatic carbocycles. The second-order valence-corrected chi connectivity index (χ2v) is 8.92. The number of unbranched alkanes of at least 4 members (excludes halogenated alkanes) is 7. The lowest BCUT2D eigenvalue weighted by atomic mass is 10.1. The van der Waals surface area contributed by atoms with E-state index in [0.717, 1.165) is 32.5 Å². The molecule has 0 heterocycles. The van der Waals surface area contributed by atoms with Crippen LogP contribution in [0.1, 0.15) is 64.7 Å². The van der Waals surface area contributed by atoms with Gasteiger partial charge in [0.15, 0.2) is 0 Å². The fourth-order valence-corrected chi connectivity index (χ4v) is 3.97. The van der Waals surface area contributed by atoms with Crippen LogP contribution in [0.25, 0.3) is 0 Å². The maximum absolute atomic E-state index is 11.0. The molecule has 0 N–H and O–H groups in total. The Hall–Kier alpha value is -1.05. The minimum Gasteiger partial charge on any atom is -0.748 e. The van der Waals surface area contributed by atoms with E-state index in [1.807, 2.05) is 0 Å². The molecule has 166 valence electrons. The Bertz CT molecular complexity index is 479. The molecule has 0 radical (unpaired) electrons. The van der Waals surface area contributed by atoms with Crippen LogP contribution in [-0.2, 0) is 19.6 Å². The first-order valence-corrected chi connectivity index (χ1v) is 12.2. The summed E-state index contributed by atoms with van der Waals surface area (Å²) in [4.78, 5) is 0. The Morgan fingerprint density at radius 1 is 0.786 bits per heavy atom. The van der Waals surface area contributed by atoms with E-state index < -0.39 is 10.1 Å². The van der Waals surface area contributed by atoms with Gasteiger partial charge in [-0.15, -0.1) is 0 Å². The average molecular weight is 420 g/mol. The predicted molar refractivity (Wildman–Crippen MR) is 114 cm³/mol. The van der Waals surface area contributed by atoms with E-state index in [2.05, 4.69) is 20.1 Å². The number of hydrogen-bond donors (Lipinski definition) is 0. The fraction of sp³-hybridized carbons (Fsp3) is 0.810. The van der Waals surface area contributed by atoms with Gasteiger partial charge in [-0.1, -0.05) is 58.6 Å². The molecule has 6 nitrogen and oxygen atoms in total. The summed E-state index contributed by atoms with van der Waals surface area (Å²) in [7, 11) is -4.19. The molecule has 0 amide bonds. The van der Waals surface area contributed by atoms with E-state index in [1.54, 1.807) is 0 Å². The first kappa shape index (κ1) is 27.0. The first-order chi connectivity index (χ1) is 13.4. The fourth-order valence-electron chi connectivity index (χ4n) is 3.49. The van der Waals surface area contributed by atoms with E-state index >= 15 is 0 Å². The quantitative estimate of drug-likeness (QED) is 0.121. The normalized spacial score (nSPS) is 11.9. The highest BCUT2D eigenvalue weighted by Gasteiger charge is 2.27. The van der Waals surface area contributed by atoms with Gasteiger partial charge in [-0.3, -0.25) is 0 Å². The molecule has 7 heteroatoms. The molecule has 0 atom stereocenters. The third kappa shape index (κ3) is 16.0. The molecular weight excluding hydrogens is 378 g/mol. The zero-order chi connectivity index (χ0) is 21.1. The van der Waals surface area contributed by atoms with Gasteiger partial charge >= 0.3 is 0 Å². The summed E-state index contributed by atoms with van der Waals surface area (Å²) in [6.07, 6.45) is 13.1. The molecule has 0 spiro atoms. The van der Waals surface area contributed by atoms with E-state index in [1.165, 1.54) is 51.0 Å². The van der Waals surface area contributed by atoms with Crippen LogP contribution < -0.4 is 0 Å². The highest BCUT2D eigenvalue weighted by molar-refractivity contribution is 7.85. The Morgan fingerprint density at radius 3 is 1.71 bits per heavy atom. The number of rotatable bonds is 21. The topological polar surface area (TPSA) is 75.7 Å². The maximum atomic E-state index is 11.0. The summed E-state index contributed by atoms with van der Waals surface area (Å²) in [5.41, 5.74) is 0. The number of hydrogen-bond acceptors (Lipinski definition) is 5. The average Bonchev–Trinajstić information content (AvgIpc) is 2.63. The van der Waals surface area contributed by atoms with Gasteiger partial charge in [-0.2, -0.15) is 0 Å². The lowest BCUT2D eigenvalue weighted by Gasteiger charge is -2.38. The van der Waals surface area contributed by atoms with E-state index in [9.17, 15) is 13.0 Å². The largest absolute Gasteiger partial charge is 0.748 e. The van der Waals surface area contributed by atoms with E-state index in [-0.39, 0.29) is 5.75 Å². The first-order valence-electron chi connectivity index (χ1n) is 10.6. The number of quaternary nitrogens is 1. The molecule has 0 fully saturated rings. The van der Waals surface area contributed by atoms with Crippen LogP contribution in [0.3, 0.4) is 0 Å². The van der Waals surface area contributed by atoms with Crippen molar-refractivity contribution >= 4 is 10.1 Å². The van der Waals surface area contributed by atoms with Crippen molar-refractivity contribution in [3.63, 3.8) is 0 Å². The van der Waals surface area contributed by atoms with Gasteiger partial charge in [-0.25, -0.2) is 8.42 Å². The monoisotopic (exact) mass is 419 g/mol. The molecule has 0 aliphatic carbocycles. The summed E-state index contributed by atoms with van der Waals surface area (Å²) >= 11 is 0. The molecule has 0 saturated heterocycles. The lowest BCUT2D eigenvalue weighted by molar-refractivity contribution is -0.928. The van der Waals surface area contributed by atoms with Crippen LogP contribution in [-0.4, -0.2) is 62.6 Å². The van der Waals surface area contributed by atoms with Gasteiger partial charge in [-0.05, 0) is 12.8 Å². The molecule has 28 heavy (non-hydrogen) atoms. The molecular formula is C21H41NO5S. The zero-order valence-electron chi connectivity index (χ0n) is 17.8.